The Kier molecular flexibility index (Phi) is 4.21. The van der Waals surface area contributed by atoms with Crippen molar-refractivity contribution in [2.24, 2.45) is 0 Å². The molecule has 1 heterocycles. The number of hydrogen-bond donors (Lipinski definition) is 1. The van der Waals surface area contributed by atoms with Crippen LogP contribution in [0.4, 0.5) is 8.78 Å². The number of hydrogen-bond acceptors (Lipinski definition) is 4. The quantitative estimate of drug-likeness (QED) is 0.845. The zero-order valence-corrected chi connectivity index (χ0v) is 10.8. The number of rotatable bonds is 5. The molecule has 0 atom stereocenters. The molecule has 1 aromatic carbocycles. The van der Waals surface area contributed by atoms with Crippen LogP contribution in [0, 0.1) is 18.6 Å². The topological polar surface area (TPSA) is 51.0 Å². The lowest BCUT2D eigenvalue weighted by Gasteiger charge is -2.02. The molecule has 0 bridgehead atoms. The molecule has 0 radical (unpaired) electrons. The lowest BCUT2D eigenvalue weighted by molar-refractivity contribution is 0.487. The Hall–Kier alpha value is -1.82. The van der Waals surface area contributed by atoms with Crippen LogP contribution in [0.1, 0.15) is 18.4 Å². The number of nitrogens with zero attached hydrogens (tertiary/aromatic N) is 2. The summed E-state index contributed by atoms with van der Waals surface area (Å²) < 4.78 is 32.8. The summed E-state index contributed by atoms with van der Waals surface area (Å²) in [7, 11) is 0. The van der Waals surface area contributed by atoms with Gasteiger partial charge in [0.25, 0.3) is 5.89 Å². The molecule has 102 valence electrons. The number of aromatic nitrogens is 2. The van der Waals surface area contributed by atoms with E-state index in [2.05, 4.69) is 15.5 Å². The van der Waals surface area contributed by atoms with Gasteiger partial charge in [0.1, 0.15) is 17.2 Å². The second-order valence-electron chi connectivity index (χ2n) is 4.16. The molecular formula is C13H15F2N3O. The van der Waals surface area contributed by atoms with E-state index in [9.17, 15) is 8.78 Å². The standard InChI is InChI=1S/C13H15F2N3O/c1-3-16-7-6-10-17-18-13(19-10)11-9(14)5-4-8(2)12(11)15/h4-5,16H,3,6-7H2,1-2H3. The molecule has 6 heteroatoms. The molecule has 0 spiro atoms. The second-order valence-corrected chi connectivity index (χ2v) is 4.16. The lowest BCUT2D eigenvalue weighted by atomic mass is 10.1. The van der Waals surface area contributed by atoms with Gasteiger partial charge in [-0.15, -0.1) is 10.2 Å². The Balaban J connectivity index is 2.25. The maximum Gasteiger partial charge on any atom is 0.253 e. The summed E-state index contributed by atoms with van der Waals surface area (Å²) in [4.78, 5) is 0. The van der Waals surface area contributed by atoms with Crippen molar-refractivity contribution in [2.75, 3.05) is 13.1 Å². The first-order chi connectivity index (χ1) is 9.13. The summed E-state index contributed by atoms with van der Waals surface area (Å²) in [6.45, 7) is 5.05. The molecule has 2 rings (SSSR count). The molecule has 2 aromatic rings. The molecule has 1 aromatic heterocycles. The van der Waals surface area contributed by atoms with Gasteiger partial charge in [0.05, 0.1) is 0 Å². The lowest BCUT2D eigenvalue weighted by Crippen LogP contribution is -2.16. The van der Waals surface area contributed by atoms with Gasteiger partial charge in [-0.05, 0) is 25.1 Å². The normalized spacial score (nSPS) is 10.9. The van der Waals surface area contributed by atoms with Crippen LogP contribution in [0.2, 0.25) is 0 Å². The summed E-state index contributed by atoms with van der Waals surface area (Å²) in [6, 6.07) is 2.56. The predicted molar refractivity (Wildman–Crippen MR) is 66.6 cm³/mol. The molecule has 0 amide bonds. The van der Waals surface area contributed by atoms with Gasteiger partial charge in [-0.3, -0.25) is 0 Å². The largest absolute Gasteiger partial charge is 0.420 e. The van der Waals surface area contributed by atoms with Gasteiger partial charge in [-0.1, -0.05) is 13.0 Å². The monoisotopic (exact) mass is 267 g/mol. The van der Waals surface area contributed by atoms with Gasteiger partial charge in [0, 0.05) is 13.0 Å². The van der Waals surface area contributed by atoms with Crippen molar-refractivity contribution in [1.29, 1.82) is 0 Å². The van der Waals surface area contributed by atoms with Crippen molar-refractivity contribution in [3.8, 4) is 11.5 Å². The van der Waals surface area contributed by atoms with E-state index in [-0.39, 0.29) is 11.5 Å². The highest BCUT2D eigenvalue weighted by Crippen LogP contribution is 2.26. The molecule has 0 unspecified atom stereocenters. The van der Waals surface area contributed by atoms with Crippen LogP contribution in [0.15, 0.2) is 16.5 Å². The van der Waals surface area contributed by atoms with E-state index in [1.54, 1.807) is 6.92 Å². The molecule has 0 saturated heterocycles. The van der Waals surface area contributed by atoms with Crippen LogP contribution in [-0.4, -0.2) is 23.3 Å². The first-order valence-electron chi connectivity index (χ1n) is 6.11. The fourth-order valence-corrected chi connectivity index (χ4v) is 1.68. The van der Waals surface area contributed by atoms with E-state index < -0.39 is 11.6 Å². The van der Waals surface area contributed by atoms with E-state index in [1.807, 2.05) is 6.92 Å². The van der Waals surface area contributed by atoms with Gasteiger partial charge in [-0.25, -0.2) is 8.78 Å². The molecule has 0 aliphatic carbocycles. The van der Waals surface area contributed by atoms with Crippen molar-refractivity contribution in [1.82, 2.24) is 15.5 Å². The summed E-state index contributed by atoms with van der Waals surface area (Å²) in [6.07, 6.45) is 0.524. The zero-order valence-electron chi connectivity index (χ0n) is 10.8. The molecule has 0 aliphatic rings. The average Bonchev–Trinajstić information content (AvgIpc) is 2.83. The number of nitrogens with one attached hydrogen (secondary N) is 1. The molecule has 1 N–H and O–H groups in total. The molecule has 19 heavy (non-hydrogen) atoms. The number of likely N-dealkylation sites (N-methyl/N-ethyl adjacent to an activating group) is 1. The smallest absolute Gasteiger partial charge is 0.253 e. The summed E-state index contributed by atoms with van der Waals surface area (Å²) in [5, 5.41) is 10.6. The molecule has 4 nitrogen and oxygen atoms in total. The van der Waals surface area contributed by atoms with Crippen molar-refractivity contribution in [3.63, 3.8) is 0 Å². The van der Waals surface area contributed by atoms with Crippen molar-refractivity contribution in [3.05, 3.63) is 35.2 Å². The van der Waals surface area contributed by atoms with Crippen molar-refractivity contribution in [2.45, 2.75) is 20.3 Å². The maximum absolute atomic E-state index is 13.9. The fraction of sp³-hybridized carbons (Fsp3) is 0.385. The van der Waals surface area contributed by atoms with Crippen molar-refractivity contribution < 1.29 is 13.2 Å². The van der Waals surface area contributed by atoms with Gasteiger partial charge in [-0.2, -0.15) is 0 Å². The Morgan fingerprint density at radius 3 is 2.79 bits per heavy atom. The van der Waals surface area contributed by atoms with E-state index in [4.69, 9.17) is 4.42 Å². The first kappa shape index (κ1) is 13.6. The highest BCUT2D eigenvalue weighted by Gasteiger charge is 2.19. The Bertz CT molecular complexity index is 569. The van der Waals surface area contributed by atoms with Crippen molar-refractivity contribution >= 4 is 0 Å². The molecular weight excluding hydrogens is 252 g/mol. The summed E-state index contributed by atoms with van der Waals surface area (Å²) >= 11 is 0. The number of halogens is 2. The minimum Gasteiger partial charge on any atom is -0.420 e. The highest BCUT2D eigenvalue weighted by molar-refractivity contribution is 5.56. The Morgan fingerprint density at radius 1 is 1.26 bits per heavy atom. The minimum atomic E-state index is -0.704. The van der Waals surface area contributed by atoms with Crippen LogP contribution < -0.4 is 5.32 Å². The summed E-state index contributed by atoms with van der Waals surface area (Å²) in [5.41, 5.74) is 0.0750. The predicted octanol–water partition coefficient (Wildman–Crippen LogP) is 2.48. The third kappa shape index (κ3) is 2.96. The van der Waals surface area contributed by atoms with Crippen LogP contribution in [0.25, 0.3) is 11.5 Å². The van der Waals surface area contributed by atoms with Gasteiger partial charge >= 0.3 is 0 Å². The van der Waals surface area contributed by atoms with E-state index in [1.165, 1.54) is 12.1 Å². The van der Waals surface area contributed by atoms with Crippen LogP contribution in [-0.2, 0) is 6.42 Å². The Morgan fingerprint density at radius 2 is 2.05 bits per heavy atom. The third-order valence-corrected chi connectivity index (χ3v) is 2.73. The molecule has 0 fully saturated rings. The Labute approximate surface area is 109 Å². The number of benzene rings is 1. The minimum absolute atomic E-state index is 0.120. The van der Waals surface area contributed by atoms with E-state index in [0.717, 1.165) is 6.54 Å². The van der Waals surface area contributed by atoms with Gasteiger partial charge in [0.2, 0.25) is 5.89 Å². The molecule has 0 aliphatic heterocycles. The highest BCUT2D eigenvalue weighted by atomic mass is 19.1. The molecule has 0 saturated carbocycles. The van der Waals surface area contributed by atoms with Crippen LogP contribution in [0.5, 0.6) is 0 Å². The SMILES string of the molecule is CCNCCc1nnc(-c2c(F)ccc(C)c2F)o1. The third-order valence-electron chi connectivity index (χ3n) is 2.73. The van der Waals surface area contributed by atoms with E-state index >= 15 is 0 Å². The van der Waals surface area contributed by atoms with Gasteiger partial charge in [0.15, 0.2) is 0 Å². The zero-order chi connectivity index (χ0) is 13.8. The fourth-order valence-electron chi connectivity index (χ4n) is 1.68. The average molecular weight is 267 g/mol. The first-order valence-corrected chi connectivity index (χ1v) is 6.11. The van der Waals surface area contributed by atoms with Crippen LogP contribution >= 0.6 is 0 Å². The van der Waals surface area contributed by atoms with Gasteiger partial charge < -0.3 is 9.73 Å². The number of aryl methyl sites for hydroxylation is 1. The second kappa shape index (κ2) is 5.88. The van der Waals surface area contributed by atoms with E-state index in [0.29, 0.717) is 24.4 Å². The van der Waals surface area contributed by atoms with Crippen LogP contribution in [0.3, 0.4) is 0 Å². The summed E-state index contributed by atoms with van der Waals surface area (Å²) in [5.74, 6) is -1.13. The maximum atomic E-state index is 13.9.